The zero-order chi connectivity index (χ0) is 14.3. The van der Waals surface area contributed by atoms with Crippen LogP contribution in [0.5, 0.6) is 5.75 Å². The molecule has 1 atom stereocenters. The van der Waals surface area contributed by atoms with Gasteiger partial charge >= 0.3 is 0 Å². The molecule has 3 nitrogen and oxygen atoms in total. The Morgan fingerprint density at radius 1 is 1.16 bits per heavy atom. The van der Waals surface area contributed by atoms with Crippen LogP contribution in [0.4, 0.5) is 0 Å². The van der Waals surface area contributed by atoms with E-state index in [0.717, 1.165) is 25.3 Å². The fraction of sp³-hybridized carbons (Fsp3) is 0.625. The van der Waals surface area contributed by atoms with Crippen molar-refractivity contribution in [3.05, 3.63) is 29.8 Å². The van der Waals surface area contributed by atoms with E-state index in [1.54, 1.807) is 14.2 Å². The normalized spacial score (nSPS) is 13.3. The first-order valence-electron chi connectivity index (χ1n) is 6.82. The Bertz CT molecular complexity index is 371. The van der Waals surface area contributed by atoms with E-state index < -0.39 is 0 Å². The third kappa shape index (κ3) is 6.08. The number of nitrogens with one attached hydrogen (secondary N) is 1. The Kier molecular flexibility index (Phi) is 6.32. The summed E-state index contributed by atoms with van der Waals surface area (Å²) < 4.78 is 10.7. The molecule has 1 N–H and O–H groups in total. The van der Waals surface area contributed by atoms with Crippen molar-refractivity contribution in [1.29, 1.82) is 0 Å². The van der Waals surface area contributed by atoms with Crippen molar-refractivity contribution >= 4 is 0 Å². The highest BCUT2D eigenvalue weighted by molar-refractivity contribution is 5.33. The lowest BCUT2D eigenvalue weighted by atomic mass is 9.98. The van der Waals surface area contributed by atoms with Crippen molar-refractivity contribution in [3.63, 3.8) is 0 Å². The smallest absolute Gasteiger partial charge is 0.122 e. The summed E-state index contributed by atoms with van der Waals surface area (Å²) in [5.41, 5.74) is 1.37. The quantitative estimate of drug-likeness (QED) is 0.822. The highest BCUT2D eigenvalue weighted by Gasteiger charge is 2.16. The molecule has 1 aromatic rings. The number of ether oxygens (including phenoxy) is 2. The molecule has 0 spiro atoms. The minimum Gasteiger partial charge on any atom is -0.496 e. The van der Waals surface area contributed by atoms with Crippen LogP contribution in [-0.4, -0.2) is 32.9 Å². The summed E-state index contributed by atoms with van der Waals surface area (Å²) >= 11 is 0. The second-order valence-electron chi connectivity index (χ2n) is 5.97. The first-order chi connectivity index (χ1) is 8.96. The zero-order valence-corrected chi connectivity index (χ0v) is 12.8. The lowest BCUT2D eigenvalue weighted by Crippen LogP contribution is -2.40. The molecule has 0 saturated heterocycles. The van der Waals surface area contributed by atoms with Crippen molar-refractivity contribution in [2.24, 2.45) is 5.92 Å². The molecule has 1 rings (SSSR count). The molecule has 19 heavy (non-hydrogen) atoms. The van der Waals surface area contributed by atoms with E-state index in [9.17, 15) is 0 Å². The first kappa shape index (κ1) is 16.0. The number of hydrogen-bond donors (Lipinski definition) is 1. The topological polar surface area (TPSA) is 30.5 Å². The Balaban J connectivity index is 2.66. The van der Waals surface area contributed by atoms with Gasteiger partial charge in [0.1, 0.15) is 5.75 Å². The van der Waals surface area contributed by atoms with Gasteiger partial charge in [-0.2, -0.15) is 0 Å². The molecule has 3 heteroatoms. The zero-order valence-electron chi connectivity index (χ0n) is 12.8. The van der Waals surface area contributed by atoms with Crippen LogP contribution in [0.2, 0.25) is 0 Å². The van der Waals surface area contributed by atoms with E-state index in [0.29, 0.717) is 5.92 Å². The number of para-hydroxylation sites is 1. The number of benzene rings is 1. The molecular formula is C16H27NO2. The van der Waals surface area contributed by atoms with Gasteiger partial charge in [0, 0.05) is 19.2 Å². The molecule has 0 aromatic heterocycles. The number of hydrogen-bond acceptors (Lipinski definition) is 3. The van der Waals surface area contributed by atoms with Crippen LogP contribution >= 0.6 is 0 Å². The average molecular weight is 265 g/mol. The van der Waals surface area contributed by atoms with Crippen molar-refractivity contribution in [3.8, 4) is 5.75 Å². The van der Waals surface area contributed by atoms with Gasteiger partial charge in [-0.05, 0) is 44.7 Å². The van der Waals surface area contributed by atoms with E-state index in [2.05, 4.69) is 38.2 Å². The Labute approximate surface area is 117 Å². The van der Waals surface area contributed by atoms with Gasteiger partial charge in [-0.25, -0.2) is 0 Å². The maximum atomic E-state index is 5.41. The molecular weight excluding hydrogens is 238 g/mol. The Morgan fingerprint density at radius 2 is 1.84 bits per heavy atom. The van der Waals surface area contributed by atoms with Gasteiger partial charge < -0.3 is 14.8 Å². The molecule has 1 unspecified atom stereocenters. The first-order valence-corrected chi connectivity index (χ1v) is 6.82. The fourth-order valence-electron chi connectivity index (χ4n) is 2.06. The van der Waals surface area contributed by atoms with Crippen molar-refractivity contribution in [2.75, 3.05) is 27.4 Å². The van der Waals surface area contributed by atoms with E-state index in [4.69, 9.17) is 9.47 Å². The average Bonchev–Trinajstić information content (AvgIpc) is 2.36. The third-order valence-electron chi connectivity index (χ3n) is 3.02. The summed E-state index contributed by atoms with van der Waals surface area (Å²) in [5.74, 6) is 1.40. The second kappa shape index (κ2) is 7.51. The summed E-state index contributed by atoms with van der Waals surface area (Å²) in [6, 6.07) is 8.19. The SMILES string of the molecule is COCC(CNC(C)(C)C)Cc1ccccc1OC. The predicted octanol–water partition coefficient (Wildman–Crippen LogP) is 2.89. The van der Waals surface area contributed by atoms with Crippen LogP contribution in [-0.2, 0) is 11.2 Å². The van der Waals surface area contributed by atoms with Gasteiger partial charge in [0.15, 0.2) is 0 Å². The highest BCUT2D eigenvalue weighted by Crippen LogP contribution is 2.21. The maximum Gasteiger partial charge on any atom is 0.122 e. The summed E-state index contributed by atoms with van der Waals surface area (Å²) in [6.07, 6.45) is 0.959. The van der Waals surface area contributed by atoms with E-state index in [-0.39, 0.29) is 5.54 Å². The molecule has 108 valence electrons. The van der Waals surface area contributed by atoms with E-state index >= 15 is 0 Å². The molecule has 0 heterocycles. The minimum atomic E-state index is 0.132. The van der Waals surface area contributed by atoms with Crippen LogP contribution in [0.25, 0.3) is 0 Å². The van der Waals surface area contributed by atoms with Gasteiger partial charge in [0.2, 0.25) is 0 Å². The predicted molar refractivity (Wildman–Crippen MR) is 79.8 cm³/mol. The Hall–Kier alpha value is -1.06. The van der Waals surface area contributed by atoms with Gasteiger partial charge in [-0.1, -0.05) is 18.2 Å². The van der Waals surface area contributed by atoms with Gasteiger partial charge in [0.05, 0.1) is 13.7 Å². The Morgan fingerprint density at radius 3 is 2.42 bits per heavy atom. The third-order valence-corrected chi connectivity index (χ3v) is 3.02. The monoisotopic (exact) mass is 265 g/mol. The summed E-state index contributed by atoms with van der Waals surface area (Å²) in [6.45, 7) is 8.23. The van der Waals surface area contributed by atoms with E-state index in [1.165, 1.54) is 5.56 Å². The van der Waals surface area contributed by atoms with Crippen LogP contribution in [0.1, 0.15) is 26.3 Å². The number of rotatable bonds is 7. The summed E-state index contributed by atoms with van der Waals surface area (Å²) in [7, 11) is 3.48. The largest absolute Gasteiger partial charge is 0.496 e. The summed E-state index contributed by atoms with van der Waals surface area (Å²) in [4.78, 5) is 0. The number of methoxy groups -OCH3 is 2. The molecule has 0 amide bonds. The highest BCUT2D eigenvalue weighted by atomic mass is 16.5. The second-order valence-corrected chi connectivity index (χ2v) is 5.97. The van der Waals surface area contributed by atoms with E-state index in [1.807, 2.05) is 12.1 Å². The van der Waals surface area contributed by atoms with Gasteiger partial charge in [0.25, 0.3) is 0 Å². The van der Waals surface area contributed by atoms with Crippen LogP contribution < -0.4 is 10.1 Å². The van der Waals surface area contributed by atoms with Gasteiger partial charge in [-0.3, -0.25) is 0 Å². The van der Waals surface area contributed by atoms with Crippen LogP contribution in [0.3, 0.4) is 0 Å². The summed E-state index contributed by atoms with van der Waals surface area (Å²) in [5, 5.41) is 3.54. The maximum absolute atomic E-state index is 5.41. The molecule has 0 aliphatic rings. The standard InChI is InChI=1S/C16H27NO2/c1-16(2,3)17-11-13(12-18-4)10-14-8-6-7-9-15(14)19-5/h6-9,13,17H,10-12H2,1-5H3. The molecule has 0 aliphatic carbocycles. The van der Waals surface area contributed by atoms with Gasteiger partial charge in [-0.15, -0.1) is 0 Å². The van der Waals surface area contributed by atoms with Crippen molar-refractivity contribution < 1.29 is 9.47 Å². The van der Waals surface area contributed by atoms with Crippen molar-refractivity contribution in [2.45, 2.75) is 32.7 Å². The molecule has 0 aliphatic heterocycles. The van der Waals surface area contributed by atoms with Crippen LogP contribution in [0.15, 0.2) is 24.3 Å². The van der Waals surface area contributed by atoms with Crippen molar-refractivity contribution in [1.82, 2.24) is 5.32 Å². The molecule has 0 bridgehead atoms. The fourth-order valence-corrected chi connectivity index (χ4v) is 2.06. The molecule has 0 radical (unpaired) electrons. The molecule has 1 aromatic carbocycles. The lowest BCUT2D eigenvalue weighted by Gasteiger charge is -2.25. The van der Waals surface area contributed by atoms with Crippen LogP contribution in [0, 0.1) is 5.92 Å². The lowest BCUT2D eigenvalue weighted by molar-refractivity contribution is 0.146. The minimum absolute atomic E-state index is 0.132. The molecule has 0 fully saturated rings. The molecule has 0 saturated carbocycles.